The highest BCUT2D eigenvalue weighted by molar-refractivity contribution is 7.50. The third-order valence-corrected chi connectivity index (χ3v) is 4.89. The molecule has 6 atom stereocenters. The van der Waals surface area contributed by atoms with Crippen LogP contribution in [0.2, 0.25) is 0 Å². The Morgan fingerprint density at radius 3 is 2.81 bits per heavy atom. The molecule has 1 saturated heterocycles. The summed E-state index contributed by atoms with van der Waals surface area (Å²) in [5.41, 5.74) is 4.61. The standard InChI is InChI=1S/C12H17N6O12P/c1-5(10(22)23)15-31(25,26)30-29-27-4-12(16-17-13)8(21)7(20)9(28-12)18-3-2-6(19)14-11(18)24/h2-3,5,7-9,20-21H,4H2,1H3,(H,22,23)(H,14,19,24)(H2,15,25,26)/t5-,7+,8-,9+,12+/m0/s1. The molecule has 1 aliphatic heterocycles. The lowest BCUT2D eigenvalue weighted by Gasteiger charge is -2.25. The molecule has 0 amide bonds. The van der Waals surface area contributed by atoms with Crippen LogP contribution in [-0.2, 0) is 28.7 Å². The first-order valence-corrected chi connectivity index (χ1v) is 9.73. The van der Waals surface area contributed by atoms with Gasteiger partial charge in [-0.25, -0.2) is 19.3 Å². The van der Waals surface area contributed by atoms with Crippen molar-refractivity contribution in [1.29, 1.82) is 0 Å². The maximum Gasteiger partial charge on any atom is 0.433 e. The normalized spacial score (nSPS) is 28.5. The average molecular weight is 468 g/mol. The summed E-state index contributed by atoms with van der Waals surface area (Å²) in [6.07, 6.45) is -4.55. The van der Waals surface area contributed by atoms with Gasteiger partial charge in [-0.1, -0.05) is 10.2 Å². The first-order valence-electron chi connectivity index (χ1n) is 8.15. The van der Waals surface area contributed by atoms with Crippen LogP contribution in [0.5, 0.6) is 0 Å². The molecular formula is C12H17N6O12P. The lowest BCUT2D eigenvalue weighted by Crippen LogP contribution is -2.45. The van der Waals surface area contributed by atoms with Crippen molar-refractivity contribution in [2.24, 2.45) is 5.11 Å². The smallest absolute Gasteiger partial charge is 0.433 e. The van der Waals surface area contributed by atoms with E-state index in [2.05, 4.69) is 24.6 Å². The van der Waals surface area contributed by atoms with Gasteiger partial charge in [-0.15, -0.1) is 4.67 Å². The molecule has 1 aromatic rings. The van der Waals surface area contributed by atoms with Gasteiger partial charge in [0.1, 0.15) is 24.9 Å². The van der Waals surface area contributed by atoms with Gasteiger partial charge in [0.25, 0.3) is 5.56 Å². The number of carboxylic acids is 1. The number of nitrogens with zero attached hydrogens (tertiary/aromatic N) is 4. The summed E-state index contributed by atoms with van der Waals surface area (Å²) in [6, 6.07) is -0.574. The minimum atomic E-state index is -4.81. The number of nitrogens with one attached hydrogen (secondary N) is 2. The number of rotatable bonds is 10. The zero-order valence-corrected chi connectivity index (χ0v) is 16.4. The number of carboxylic acid groups (broad SMARTS) is 1. The first kappa shape index (κ1) is 24.6. The second-order valence-corrected chi connectivity index (χ2v) is 7.56. The summed E-state index contributed by atoms with van der Waals surface area (Å²) in [5.74, 6) is -1.47. The van der Waals surface area contributed by atoms with Crippen LogP contribution in [0, 0.1) is 0 Å². The summed E-state index contributed by atoms with van der Waals surface area (Å²) in [6.45, 7) is 0.00737. The molecule has 18 nitrogen and oxygen atoms in total. The predicted octanol–water partition coefficient (Wildman–Crippen LogP) is -2.16. The molecule has 2 rings (SSSR count). The Balaban J connectivity index is 2.10. The van der Waals surface area contributed by atoms with E-state index >= 15 is 0 Å². The third-order valence-electron chi connectivity index (χ3n) is 3.91. The minimum absolute atomic E-state index is 0.695. The van der Waals surface area contributed by atoms with Crippen LogP contribution in [0.4, 0.5) is 0 Å². The molecule has 2 heterocycles. The summed E-state index contributed by atoms with van der Waals surface area (Å²) in [7, 11) is -4.81. The molecule has 172 valence electrons. The van der Waals surface area contributed by atoms with Gasteiger partial charge >= 0.3 is 19.4 Å². The van der Waals surface area contributed by atoms with Crippen molar-refractivity contribution in [3.8, 4) is 0 Å². The molecule has 1 aromatic heterocycles. The van der Waals surface area contributed by atoms with Gasteiger partial charge in [0.15, 0.2) is 6.23 Å². The average Bonchev–Trinajstić information content (AvgIpc) is 2.91. The number of hydrogen-bond donors (Lipinski definition) is 6. The van der Waals surface area contributed by atoms with Crippen LogP contribution in [0.1, 0.15) is 13.2 Å². The van der Waals surface area contributed by atoms with E-state index in [1.807, 2.05) is 4.98 Å². The summed E-state index contributed by atoms with van der Waals surface area (Å²) >= 11 is 0. The van der Waals surface area contributed by atoms with Gasteiger partial charge < -0.3 is 24.9 Å². The number of aromatic amines is 1. The van der Waals surface area contributed by atoms with Crippen molar-refractivity contribution in [3.05, 3.63) is 43.5 Å². The molecule has 0 spiro atoms. The Morgan fingerprint density at radius 1 is 1.55 bits per heavy atom. The van der Waals surface area contributed by atoms with E-state index in [0.29, 0.717) is 4.57 Å². The maximum atomic E-state index is 11.9. The highest BCUT2D eigenvalue weighted by atomic mass is 31.2. The molecule has 31 heavy (non-hydrogen) atoms. The quantitative estimate of drug-likeness (QED) is 0.0406. The highest BCUT2D eigenvalue weighted by Gasteiger charge is 2.56. The number of aromatic nitrogens is 2. The number of azide groups is 1. The Hall–Kier alpha value is -2.63. The summed E-state index contributed by atoms with van der Waals surface area (Å²) in [4.78, 5) is 52.0. The Morgan fingerprint density at radius 2 is 2.23 bits per heavy atom. The van der Waals surface area contributed by atoms with Crippen LogP contribution < -0.4 is 16.3 Å². The fourth-order valence-corrected chi connectivity index (χ4v) is 3.19. The molecule has 0 bridgehead atoms. The molecule has 19 heteroatoms. The number of aliphatic carboxylic acids is 1. The molecular weight excluding hydrogens is 451 g/mol. The van der Waals surface area contributed by atoms with Crippen LogP contribution >= 0.6 is 7.75 Å². The predicted molar refractivity (Wildman–Crippen MR) is 93.5 cm³/mol. The summed E-state index contributed by atoms with van der Waals surface area (Å²) < 4.78 is 21.6. The van der Waals surface area contributed by atoms with Gasteiger partial charge in [-0.3, -0.25) is 19.1 Å². The van der Waals surface area contributed by atoms with Gasteiger partial charge in [-0.05, 0) is 12.5 Å². The topological polar surface area (TPSA) is 268 Å². The van der Waals surface area contributed by atoms with Crippen molar-refractivity contribution < 1.29 is 48.9 Å². The second kappa shape index (κ2) is 9.67. The molecule has 6 N–H and O–H groups in total. The number of hydrogen-bond acceptors (Lipinski definition) is 11. The molecule has 1 unspecified atom stereocenters. The number of ether oxygens (including phenoxy) is 1. The van der Waals surface area contributed by atoms with E-state index in [9.17, 15) is 34.1 Å². The van der Waals surface area contributed by atoms with E-state index in [1.165, 1.54) is 0 Å². The van der Waals surface area contributed by atoms with Crippen LogP contribution in [0.15, 0.2) is 27.0 Å². The van der Waals surface area contributed by atoms with Crippen molar-refractivity contribution in [2.45, 2.75) is 37.1 Å². The first-order chi connectivity index (χ1) is 14.4. The molecule has 0 saturated carbocycles. The van der Waals surface area contributed by atoms with Crippen LogP contribution in [0.3, 0.4) is 0 Å². The Bertz CT molecular complexity index is 1020. The van der Waals surface area contributed by atoms with E-state index in [4.69, 9.17) is 15.4 Å². The van der Waals surface area contributed by atoms with Crippen molar-refractivity contribution in [1.82, 2.24) is 14.6 Å². The largest absolute Gasteiger partial charge is 0.480 e. The van der Waals surface area contributed by atoms with E-state index in [1.54, 1.807) is 5.09 Å². The van der Waals surface area contributed by atoms with Crippen molar-refractivity contribution in [2.75, 3.05) is 6.61 Å². The number of H-pyrrole nitrogens is 1. The van der Waals surface area contributed by atoms with Crippen molar-refractivity contribution >= 4 is 13.7 Å². The Kier molecular flexibility index (Phi) is 7.68. The number of aliphatic hydroxyl groups is 2. The zero-order valence-electron chi connectivity index (χ0n) is 15.5. The second-order valence-electron chi connectivity index (χ2n) is 6.11. The minimum Gasteiger partial charge on any atom is -0.480 e. The molecule has 0 radical (unpaired) electrons. The Labute approximate surface area is 170 Å². The van der Waals surface area contributed by atoms with Crippen LogP contribution in [-0.4, -0.2) is 66.3 Å². The van der Waals surface area contributed by atoms with E-state index in [-0.39, 0.29) is 0 Å². The van der Waals surface area contributed by atoms with Crippen molar-refractivity contribution in [3.63, 3.8) is 0 Å². The monoisotopic (exact) mass is 468 g/mol. The zero-order chi connectivity index (χ0) is 23.4. The van der Waals surface area contributed by atoms with Gasteiger partial charge in [0, 0.05) is 17.2 Å². The van der Waals surface area contributed by atoms with Crippen LogP contribution in [0.25, 0.3) is 10.4 Å². The lowest BCUT2D eigenvalue weighted by molar-refractivity contribution is -0.479. The van der Waals surface area contributed by atoms with Gasteiger partial charge in [0.05, 0.1) is 0 Å². The number of aliphatic hydroxyl groups excluding tert-OH is 2. The molecule has 1 fully saturated rings. The molecule has 0 aromatic carbocycles. The molecule has 1 aliphatic rings. The summed E-state index contributed by atoms with van der Waals surface area (Å²) in [5, 5.41) is 38.1. The van der Waals surface area contributed by atoms with Gasteiger partial charge in [-0.2, -0.15) is 0 Å². The third kappa shape index (κ3) is 5.75. The molecule has 0 aliphatic carbocycles. The van der Waals surface area contributed by atoms with E-state index < -0.39 is 61.8 Å². The lowest BCUT2D eigenvalue weighted by atomic mass is 10.1. The van der Waals surface area contributed by atoms with Gasteiger partial charge in [0.2, 0.25) is 5.72 Å². The fourth-order valence-electron chi connectivity index (χ4n) is 2.42. The SMILES string of the molecule is C[C@H](NP(=O)(O)OOOC[C@@]1(N=[N+]=[N-])O[C@@H](n2ccc(=O)[nH]c2=O)[C@H](O)[C@@H]1O)C(=O)O. The maximum absolute atomic E-state index is 11.9. The van der Waals surface area contributed by atoms with E-state index in [0.717, 1.165) is 19.2 Å². The number of carbonyl (C=O) groups is 1. The highest BCUT2D eigenvalue weighted by Crippen LogP contribution is 2.40. The fraction of sp³-hybridized carbons (Fsp3) is 0.583.